The summed E-state index contributed by atoms with van der Waals surface area (Å²) in [5, 5.41) is 0. The molecule has 1 N–H and O–H groups in total. The van der Waals surface area contributed by atoms with Gasteiger partial charge in [-0.15, -0.1) is 0 Å². The van der Waals surface area contributed by atoms with Gasteiger partial charge in [-0.1, -0.05) is 30.3 Å². The molecular weight excluding hydrogens is 299 g/mol. The van der Waals surface area contributed by atoms with Gasteiger partial charge in [-0.3, -0.25) is 4.79 Å². The maximum atomic E-state index is 12.4. The fourth-order valence-electron chi connectivity index (χ4n) is 1.42. The highest BCUT2D eigenvalue weighted by Gasteiger charge is 2.47. The molecule has 1 rings (SSSR count). The van der Waals surface area contributed by atoms with Crippen LogP contribution < -0.4 is 4.72 Å². The Hall–Kier alpha value is -1.61. The third-order valence-electron chi connectivity index (χ3n) is 2.40. The van der Waals surface area contributed by atoms with Crippen molar-refractivity contribution in [3.8, 4) is 0 Å². The summed E-state index contributed by atoms with van der Waals surface area (Å²) >= 11 is 0. The minimum atomic E-state index is -5.56. The monoisotopic (exact) mass is 311 g/mol. The minimum absolute atomic E-state index is 0.228. The molecule has 0 bridgehead atoms. The quantitative estimate of drug-likeness (QED) is 0.841. The fourth-order valence-corrected chi connectivity index (χ4v) is 2.14. The Labute approximate surface area is 113 Å². The Bertz CT molecular complexity index is 557. The van der Waals surface area contributed by atoms with Crippen LogP contribution in [0, 0.1) is 0 Å². The van der Waals surface area contributed by atoms with Crippen LogP contribution in [0.25, 0.3) is 0 Å². The van der Waals surface area contributed by atoms with Crippen molar-refractivity contribution in [2.75, 3.05) is 7.11 Å². The van der Waals surface area contributed by atoms with E-state index >= 15 is 0 Å². The summed E-state index contributed by atoms with van der Waals surface area (Å²) in [4.78, 5) is 11.2. The summed E-state index contributed by atoms with van der Waals surface area (Å²) in [5.74, 6) is -0.830. The van der Waals surface area contributed by atoms with E-state index in [2.05, 4.69) is 4.74 Å². The fraction of sp³-hybridized carbons (Fsp3) is 0.364. The second-order valence-electron chi connectivity index (χ2n) is 3.81. The van der Waals surface area contributed by atoms with Crippen LogP contribution in [0.5, 0.6) is 0 Å². The van der Waals surface area contributed by atoms with Gasteiger partial charge in [0.15, 0.2) is 0 Å². The molecule has 0 spiro atoms. The number of carbonyl (C=O) groups excluding carboxylic acids is 1. The second kappa shape index (κ2) is 6.23. The summed E-state index contributed by atoms with van der Waals surface area (Å²) in [7, 11) is -4.50. The molecule has 0 unspecified atom stereocenters. The van der Waals surface area contributed by atoms with E-state index in [1.165, 1.54) is 29.0 Å². The first-order valence-corrected chi connectivity index (χ1v) is 6.86. The topological polar surface area (TPSA) is 72.5 Å². The maximum Gasteiger partial charge on any atom is 0.511 e. The van der Waals surface area contributed by atoms with Gasteiger partial charge >= 0.3 is 21.5 Å². The molecular formula is C11H12F3NO4S. The number of nitrogens with one attached hydrogen (secondary N) is 1. The Morgan fingerprint density at radius 1 is 1.30 bits per heavy atom. The van der Waals surface area contributed by atoms with Crippen molar-refractivity contribution in [2.45, 2.75) is 18.0 Å². The number of ether oxygens (including phenoxy) is 1. The number of hydrogen-bond acceptors (Lipinski definition) is 4. The first-order valence-electron chi connectivity index (χ1n) is 5.37. The SMILES string of the molecule is COC(=O)C[C@H](NS(=O)(=O)C(F)(F)F)c1ccccc1. The number of halogens is 3. The molecule has 112 valence electrons. The van der Waals surface area contributed by atoms with E-state index in [-0.39, 0.29) is 5.56 Å². The largest absolute Gasteiger partial charge is 0.511 e. The molecule has 1 aromatic carbocycles. The average Bonchev–Trinajstić information content (AvgIpc) is 2.37. The third kappa shape index (κ3) is 4.20. The lowest BCUT2D eigenvalue weighted by atomic mass is 10.1. The lowest BCUT2D eigenvalue weighted by Gasteiger charge is -2.19. The van der Waals surface area contributed by atoms with E-state index in [1.54, 1.807) is 6.07 Å². The maximum absolute atomic E-state index is 12.4. The van der Waals surface area contributed by atoms with E-state index < -0.39 is 34.0 Å². The highest BCUT2D eigenvalue weighted by molar-refractivity contribution is 7.90. The van der Waals surface area contributed by atoms with E-state index in [1.807, 2.05) is 0 Å². The number of carbonyl (C=O) groups is 1. The zero-order valence-corrected chi connectivity index (χ0v) is 11.2. The minimum Gasteiger partial charge on any atom is -0.469 e. The van der Waals surface area contributed by atoms with E-state index in [4.69, 9.17) is 0 Å². The number of sulfonamides is 1. The lowest BCUT2D eigenvalue weighted by molar-refractivity contribution is -0.141. The molecule has 0 aromatic heterocycles. The molecule has 0 amide bonds. The van der Waals surface area contributed by atoms with Crippen molar-refractivity contribution < 1.29 is 31.1 Å². The van der Waals surface area contributed by atoms with Gasteiger partial charge in [-0.2, -0.15) is 17.9 Å². The average molecular weight is 311 g/mol. The molecule has 0 aliphatic rings. The van der Waals surface area contributed by atoms with Gasteiger partial charge in [0.05, 0.1) is 19.6 Å². The first-order chi connectivity index (χ1) is 9.17. The second-order valence-corrected chi connectivity index (χ2v) is 5.52. The molecule has 0 saturated carbocycles. The number of alkyl halides is 3. The Morgan fingerprint density at radius 2 is 1.85 bits per heavy atom. The molecule has 9 heteroatoms. The van der Waals surface area contributed by atoms with E-state index in [0.29, 0.717) is 0 Å². The molecule has 0 aliphatic carbocycles. The summed E-state index contributed by atoms with van der Waals surface area (Å²) in [6, 6.07) is 6.11. The van der Waals surface area contributed by atoms with Crippen molar-refractivity contribution in [1.29, 1.82) is 0 Å². The molecule has 0 fully saturated rings. The molecule has 1 atom stereocenters. The van der Waals surface area contributed by atoms with Crippen molar-refractivity contribution >= 4 is 16.0 Å². The summed E-state index contributed by atoms with van der Waals surface area (Å²) in [6.45, 7) is 0. The van der Waals surface area contributed by atoms with E-state index in [0.717, 1.165) is 7.11 Å². The third-order valence-corrected chi connectivity index (χ3v) is 3.61. The van der Waals surface area contributed by atoms with Gasteiger partial charge in [0.2, 0.25) is 0 Å². The summed E-state index contributed by atoms with van der Waals surface area (Å²) in [5.41, 5.74) is -5.22. The summed E-state index contributed by atoms with van der Waals surface area (Å²) in [6.07, 6.45) is -0.546. The van der Waals surface area contributed by atoms with Crippen molar-refractivity contribution in [3.05, 3.63) is 35.9 Å². The van der Waals surface area contributed by atoms with Gasteiger partial charge in [-0.05, 0) is 5.56 Å². The molecule has 0 heterocycles. The predicted molar refractivity (Wildman–Crippen MR) is 63.9 cm³/mol. The smallest absolute Gasteiger partial charge is 0.469 e. The van der Waals surface area contributed by atoms with Crippen LogP contribution in [0.4, 0.5) is 13.2 Å². The lowest BCUT2D eigenvalue weighted by Crippen LogP contribution is -2.39. The Kier molecular flexibility index (Phi) is 5.12. The number of esters is 1. The van der Waals surface area contributed by atoms with Crippen LogP contribution in [0.2, 0.25) is 0 Å². The molecule has 0 aliphatic heterocycles. The molecule has 5 nitrogen and oxygen atoms in total. The van der Waals surface area contributed by atoms with Gasteiger partial charge in [-0.25, -0.2) is 8.42 Å². The standard InChI is InChI=1S/C11H12F3NO4S/c1-19-10(16)7-9(8-5-3-2-4-6-8)15-20(17,18)11(12,13)14/h2-6,9,15H,7H2,1H3/t9-/m0/s1. The highest BCUT2D eigenvalue weighted by Crippen LogP contribution is 2.26. The predicted octanol–water partition coefficient (Wildman–Crippen LogP) is 1.73. The van der Waals surface area contributed by atoms with Gasteiger partial charge in [0.25, 0.3) is 0 Å². The number of hydrogen-bond donors (Lipinski definition) is 1. The van der Waals surface area contributed by atoms with Crippen LogP contribution in [0.1, 0.15) is 18.0 Å². The van der Waals surface area contributed by atoms with Crippen LogP contribution in [0.15, 0.2) is 30.3 Å². The number of methoxy groups -OCH3 is 1. The van der Waals surface area contributed by atoms with Gasteiger partial charge < -0.3 is 4.74 Å². The number of benzene rings is 1. The number of rotatable bonds is 5. The summed E-state index contributed by atoms with van der Waals surface area (Å²) < 4.78 is 65.1. The molecule has 20 heavy (non-hydrogen) atoms. The van der Waals surface area contributed by atoms with Crippen LogP contribution in [-0.4, -0.2) is 27.0 Å². The van der Waals surface area contributed by atoms with Crippen molar-refractivity contribution in [3.63, 3.8) is 0 Å². The first kappa shape index (κ1) is 16.4. The van der Waals surface area contributed by atoms with Crippen LogP contribution in [0.3, 0.4) is 0 Å². The zero-order valence-electron chi connectivity index (χ0n) is 10.3. The van der Waals surface area contributed by atoms with Crippen LogP contribution >= 0.6 is 0 Å². The van der Waals surface area contributed by atoms with E-state index in [9.17, 15) is 26.4 Å². The highest BCUT2D eigenvalue weighted by atomic mass is 32.2. The molecule has 0 saturated heterocycles. The van der Waals surface area contributed by atoms with Crippen molar-refractivity contribution in [2.24, 2.45) is 0 Å². The zero-order chi connectivity index (χ0) is 15.4. The Balaban J connectivity index is 3.04. The Morgan fingerprint density at radius 3 is 2.30 bits per heavy atom. The van der Waals surface area contributed by atoms with Crippen LogP contribution in [-0.2, 0) is 19.6 Å². The molecule has 1 aromatic rings. The normalized spacial score (nSPS) is 13.8. The van der Waals surface area contributed by atoms with Gasteiger partial charge in [0, 0.05) is 0 Å². The molecule has 0 radical (unpaired) electrons. The van der Waals surface area contributed by atoms with Crippen molar-refractivity contribution in [1.82, 2.24) is 4.72 Å². The van der Waals surface area contributed by atoms with Gasteiger partial charge in [0.1, 0.15) is 0 Å².